The monoisotopic (exact) mass is 320 g/mol. The van der Waals surface area contributed by atoms with Crippen molar-refractivity contribution < 1.29 is 0 Å². The minimum absolute atomic E-state index is 0.421. The molecule has 0 saturated carbocycles. The number of hydrogen-bond acceptors (Lipinski definition) is 0. The van der Waals surface area contributed by atoms with Gasteiger partial charge in [0, 0.05) is 0 Å². The lowest BCUT2D eigenvalue weighted by atomic mass is 10.4. The predicted molar refractivity (Wildman–Crippen MR) is 103 cm³/mol. The molecule has 0 aromatic heterocycles. The summed E-state index contributed by atoms with van der Waals surface area (Å²) >= 11 is 0. The fourth-order valence-electron chi connectivity index (χ4n) is 2.24. The van der Waals surface area contributed by atoms with Crippen LogP contribution in [0, 0.1) is 0 Å². The highest BCUT2D eigenvalue weighted by Crippen LogP contribution is 2.36. The Balaban J connectivity index is 1.83. The Morgan fingerprint density at radius 3 is 1.55 bits per heavy atom. The normalized spacial score (nSPS) is 11.7. The van der Waals surface area contributed by atoms with Gasteiger partial charge in [-0.15, -0.1) is 0 Å². The summed E-state index contributed by atoms with van der Waals surface area (Å²) in [4.78, 5) is 0. The van der Waals surface area contributed by atoms with Gasteiger partial charge in [0.15, 0.2) is 0 Å². The summed E-state index contributed by atoms with van der Waals surface area (Å²) in [7, 11) is 0.302. The largest absolute Gasteiger partial charge is 0.0669 e. The third kappa shape index (κ3) is 4.14. The van der Waals surface area contributed by atoms with Gasteiger partial charge >= 0.3 is 0 Å². The van der Waals surface area contributed by atoms with E-state index in [0.717, 1.165) is 8.58 Å². The highest BCUT2D eigenvalue weighted by molar-refractivity contribution is 7.76. The van der Waals surface area contributed by atoms with E-state index in [1.807, 2.05) is 0 Å². The van der Waals surface area contributed by atoms with Crippen LogP contribution in [-0.2, 0) is 0 Å². The van der Waals surface area contributed by atoms with Crippen LogP contribution in [0.15, 0.2) is 103 Å². The standard InChI is InChI=1S/C20H18P2/c1-4-10-18(11-5-1)21-16-17-22(19-12-6-2-7-13-19)20-14-8-3-9-15-20/h1-17,21H. The highest BCUT2D eigenvalue weighted by atomic mass is 31.1. The quantitative estimate of drug-likeness (QED) is 0.603. The summed E-state index contributed by atoms with van der Waals surface area (Å²) in [5.41, 5.74) is 0. The SMILES string of the molecule is C(=CP(c1ccccc1)c1ccccc1)Pc1ccccc1. The fraction of sp³-hybridized carbons (Fsp3) is 0. The lowest BCUT2D eigenvalue weighted by Gasteiger charge is -2.14. The van der Waals surface area contributed by atoms with E-state index in [0.29, 0.717) is 0 Å². The van der Waals surface area contributed by atoms with Crippen molar-refractivity contribution in [3.63, 3.8) is 0 Å². The molecule has 0 aliphatic heterocycles. The highest BCUT2D eigenvalue weighted by Gasteiger charge is 2.09. The van der Waals surface area contributed by atoms with Crippen LogP contribution >= 0.6 is 16.5 Å². The first-order valence-electron chi connectivity index (χ1n) is 7.31. The van der Waals surface area contributed by atoms with E-state index >= 15 is 0 Å². The van der Waals surface area contributed by atoms with Crippen LogP contribution in [-0.4, -0.2) is 0 Å². The van der Waals surface area contributed by atoms with E-state index in [2.05, 4.69) is 103 Å². The summed E-state index contributed by atoms with van der Waals surface area (Å²) < 4.78 is 0. The Morgan fingerprint density at radius 2 is 1.05 bits per heavy atom. The maximum atomic E-state index is 2.39. The van der Waals surface area contributed by atoms with Crippen molar-refractivity contribution in [3.05, 3.63) is 103 Å². The van der Waals surface area contributed by atoms with E-state index in [9.17, 15) is 0 Å². The van der Waals surface area contributed by atoms with Gasteiger partial charge in [-0.3, -0.25) is 0 Å². The molecule has 3 aromatic rings. The van der Waals surface area contributed by atoms with Crippen LogP contribution in [0.2, 0.25) is 0 Å². The van der Waals surface area contributed by atoms with Crippen molar-refractivity contribution in [1.82, 2.24) is 0 Å². The molecule has 3 aromatic carbocycles. The van der Waals surface area contributed by atoms with Crippen molar-refractivity contribution in [2.45, 2.75) is 0 Å². The second-order valence-electron chi connectivity index (χ2n) is 4.87. The molecule has 0 spiro atoms. The van der Waals surface area contributed by atoms with Crippen molar-refractivity contribution in [3.8, 4) is 0 Å². The van der Waals surface area contributed by atoms with Crippen LogP contribution in [0.3, 0.4) is 0 Å². The summed E-state index contributed by atoms with van der Waals surface area (Å²) in [6.45, 7) is 0. The minimum Gasteiger partial charge on any atom is -0.0669 e. The lowest BCUT2D eigenvalue weighted by molar-refractivity contribution is 1.75. The molecule has 108 valence electrons. The number of rotatable bonds is 5. The maximum Gasteiger partial charge on any atom is -0.0157 e. The molecule has 0 heterocycles. The molecule has 22 heavy (non-hydrogen) atoms. The molecule has 0 radical (unpaired) electrons. The molecule has 0 amide bonds. The molecule has 0 nitrogen and oxygen atoms in total. The Bertz CT molecular complexity index is 667. The number of hydrogen-bond donors (Lipinski definition) is 0. The topological polar surface area (TPSA) is 0 Å². The average Bonchev–Trinajstić information content (AvgIpc) is 2.61. The van der Waals surface area contributed by atoms with Crippen LogP contribution in [0.5, 0.6) is 0 Å². The van der Waals surface area contributed by atoms with Crippen molar-refractivity contribution >= 4 is 32.4 Å². The first-order valence-corrected chi connectivity index (χ1v) is 9.80. The summed E-state index contributed by atoms with van der Waals surface area (Å²) in [5, 5.41) is 4.19. The third-order valence-electron chi connectivity index (χ3n) is 3.32. The Hall–Kier alpha value is -1.74. The van der Waals surface area contributed by atoms with Gasteiger partial charge < -0.3 is 0 Å². The van der Waals surface area contributed by atoms with Crippen LogP contribution in [0.4, 0.5) is 0 Å². The molecule has 1 unspecified atom stereocenters. The first-order chi connectivity index (χ1) is 10.9. The average molecular weight is 320 g/mol. The molecule has 0 aliphatic carbocycles. The molecule has 0 bridgehead atoms. The van der Waals surface area contributed by atoms with Crippen molar-refractivity contribution in [2.24, 2.45) is 0 Å². The zero-order chi connectivity index (χ0) is 15.0. The molecule has 0 fully saturated rings. The molecule has 0 saturated heterocycles. The maximum absolute atomic E-state index is 2.39. The Labute approximate surface area is 135 Å². The van der Waals surface area contributed by atoms with E-state index in [4.69, 9.17) is 0 Å². The molecule has 0 N–H and O–H groups in total. The van der Waals surface area contributed by atoms with E-state index in [1.54, 1.807) is 0 Å². The van der Waals surface area contributed by atoms with E-state index in [1.165, 1.54) is 15.9 Å². The van der Waals surface area contributed by atoms with Crippen molar-refractivity contribution in [1.29, 1.82) is 0 Å². The molecular weight excluding hydrogens is 302 g/mol. The van der Waals surface area contributed by atoms with Crippen LogP contribution < -0.4 is 15.9 Å². The summed E-state index contributed by atoms with van der Waals surface area (Å²) in [6.07, 6.45) is 0. The van der Waals surface area contributed by atoms with Gasteiger partial charge in [0.25, 0.3) is 0 Å². The second-order valence-corrected chi connectivity index (χ2v) is 8.14. The Kier molecular flexibility index (Phi) is 5.54. The van der Waals surface area contributed by atoms with Crippen LogP contribution in [0.1, 0.15) is 0 Å². The third-order valence-corrected chi connectivity index (χ3v) is 6.75. The van der Waals surface area contributed by atoms with E-state index < -0.39 is 7.92 Å². The smallest absolute Gasteiger partial charge is 0.0157 e. The van der Waals surface area contributed by atoms with E-state index in [-0.39, 0.29) is 0 Å². The van der Waals surface area contributed by atoms with Gasteiger partial charge in [0.1, 0.15) is 0 Å². The summed E-state index contributed by atoms with van der Waals surface area (Å²) in [6, 6.07) is 32.2. The molecule has 0 aliphatic rings. The molecule has 2 heteroatoms. The predicted octanol–water partition coefficient (Wildman–Crippen LogP) is 4.59. The first kappa shape index (κ1) is 15.2. The second kappa shape index (κ2) is 8.04. The fourth-order valence-corrected chi connectivity index (χ4v) is 5.34. The van der Waals surface area contributed by atoms with Gasteiger partial charge in [-0.2, -0.15) is 0 Å². The van der Waals surface area contributed by atoms with Gasteiger partial charge in [-0.1, -0.05) is 111 Å². The summed E-state index contributed by atoms with van der Waals surface area (Å²) in [5.74, 6) is 4.73. The van der Waals surface area contributed by atoms with Crippen molar-refractivity contribution in [2.75, 3.05) is 0 Å². The zero-order valence-corrected chi connectivity index (χ0v) is 14.2. The molecule has 1 atom stereocenters. The Morgan fingerprint density at radius 1 is 0.591 bits per heavy atom. The van der Waals surface area contributed by atoms with Gasteiger partial charge in [0.05, 0.1) is 0 Å². The zero-order valence-electron chi connectivity index (χ0n) is 12.3. The van der Waals surface area contributed by atoms with Gasteiger partial charge in [0.2, 0.25) is 0 Å². The van der Waals surface area contributed by atoms with Gasteiger partial charge in [-0.25, -0.2) is 0 Å². The minimum atomic E-state index is -0.421. The molecule has 3 rings (SSSR count). The number of benzene rings is 3. The van der Waals surface area contributed by atoms with Gasteiger partial charge in [-0.05, 0) is 23.8 Å². The lowest BCUT2D eigenvalue weighted by Crippen LogP contribution is -2.09. The molecular formula is C20H18P2. The van der Waals surface area contributed by atoms with Crippen LogP contribution in [0.25, 0.3) is 0 Å².